The highest BCUT2D eigenvalue weighted by molar-refractivity contribution is 9.09. The molecule has 20 heavy (non-hydrogen) atoms. The maximum atomic E-state index is 6.01. The average Bonchev–Trinajstić information content (AvgIpc) is 2.93. The zero-order valence-electron chi connectivity index (χ0n) is 11.0. The largest absolute Gasteiger partial charge is 0.496 e. The lowest BCUT2D eigenvalue weighted by Crippen LogP contribution is -1.97. The van der Waals surface area contributed by atoms with Gasteiger partial charge < -0.3 is 9.47 Å². The molecule has 1 aliphatic rings. The van der Waals surface area contributed by atoms with Crippen molar-refractivity contribution < 1.29 is 9.47 Å². The minimum absolute atomic E-state index is 0.0700. The van der Waals surface area contributed by atoms with Gasteiger partial charge in [-0.15, -0.1) is 0 Å². The van der Waals surface area contributed by atoms with Crippen LogP contribution < -0.4 is 9.47 Å². The molecule has 0 bridgehead atoms. The molecular formula is C16H14BrClO2. The van der Waals surface area contributed by atoms with E-state index < -0.39 is 0 Å². The van der Waals surface area contributed by atoms with E-state index in [2.05, 4.69) is 28.1 Å². The molecule has 0 amide bonds. The number of alkyl halides is 1. The lowest BCUT2D eigenvalue weighted by Gasteiger charge is -2.15. The van der Waals surface area contributed by atoms with Crippen molar-refractivity contribution in [1.82, 2.24) is 0 Å². The number of hydrogen-bond acceptors (Lipinski definition) is 2. The van der Waals surface area contributed by atoms with E-state index in [1.807, 2.05) is 24.3 Å². The van der Waals surface area contributed by atoms with Crippen molar-refractivity contribution in [3.8, 4) is 11.5 Å². The summed E-state index contributed by atoms with van der Waals surface area (Å²) in [6.07, 6.45) is 0.973. The first-order chi connectivity index (χ1) is 9.69. The van der Waals surface area contributed by atoms with Gasteiger partial charge in [-0.05, 0) is 29.3 Å². The van der Waals surface area contributed by atoms with Gasteiger partial charge >= 0.3 is 0 Å². The summed E-state index contributed by atoms with van der Waals surface area (Å²) in [5.74, 6) is 1.78. The monoisotopic (exact) mass is 352 g/mol. The maximum absolute atomic E-state index is 6.01. The Labute approximate surface area is 131 Å². The van der Waals surface area contributed by atoms with Gasteiger partial charge in [0.2, 0.25) is 0 Å². The minimum atomic E-state index is 0.0700. The summed E-state index contributed by atoms with van der Waals surface area (Å²) >= 11 is 9.77. The van der Waals surface area contributed by atoms with Crippen LogP contribution in [0.4, 0.5) is 0 Å². The van der Waals surface area contributed by atoms with E-state index in [4.69, 9.17) is 21.1 Å². The van der Waals surface area contributed by atoms with E-state index in [9.17, 15) is 0 Å². The third-order valence-corrected chi connectivity index (χ3v) is 4.73. The highest BCUT2D eigenvalue weighted by Crippen LogP contribution is 2.39. The molecule has 2 aromatic carbocycles. The molecule has 2 aromatic rings. The zero-order chi connectivity index (χ0) is 14.1. The second-order valence-electron chi connectivity index (χ2n) is 4.71. The second-order valence-corrected chi connectivity index (χ2v) is 6.07. The third kappa shape index (κ3) is 2.52. The van der Waals surface area contributed by atoms with Gasteiger partial charge in [0.25, 0.3) is 0 Å². The minimum Gasteiger partial charge on any atom is -0.496 e. The topological polar surface area (TPSA) is 18.5 Å². The van der Waals surface area contributed by atoms with Crippen LogP contribution in [-0.2, 0) is 6.42 Å². The van der Waals surface area contributed by atoms with Crippen molar-refractivity contribution in [2.75, 3.05) is 13.7 Å². The van der Waals surface area contributed by atoms with E-state index in [1.54, 1.807) is 7.11 Å². The number of rotatable bonds is 3. The van der Waals surface area contributed by atoms with Gasteiger partial charge in [0, 0.05) is 17.0 Å². The van der Waals surface area contributed by atoms with Crippen molar-refractivity contribution in [3.05, 3.63) is 58.1 Å². The fourth-order valence-electron chi connectivity index (χ4n) is 2.44. The molecule has 1 aliphatic heterocycles. The molecule has 1 atom stereocenters. The molecule has 0 fully saturated rings. The Balaban J connectivity index is 1.98. The van der Waals surface area contributed by atoms with E-state index in [1.165, 1.54) is 11.1 Å². The zero-order valence-corrected chi connectivity index (χ0v) is 13.4. The number of methoxy groups -OCH3 is 1. The summed E-state index contributed by atoms with van der Waals surface area (Å²) in [6, 6.07) is 12.0. The quantitative estimate of drug-likeness (QED) is 0.740. The molecule has 0 saturated heterocycles. The van der Waals surface area contributed by atoms with E-state index >= 15 is 0 Å². The maximum Gasteiger partial charge on any atom is 0.125 e. The summed E-state index contributed by atoms with van der Waals surface area (Å²) in [5, 5.41) is 0.674. The predicted molar refractivity (Wildman–Crippen MR) is 84.4 cm³/mol. The summed E-state index contributed by atoms with van der Waals surface area (Å²) in [5.41, 5.74) is 3.52. The first-order valence-corrected chi connectivity index (χ1v) is 7.71. The molecule has 0 saturated carbocycles. The molecule has 0 aliphatic carbocycles. The predicted octanol–water partition coefficient (Wildman–Crippen LogP) is 4.77. The molecule has 3 rings (SSSR count). The SMILES string of the molecule is COc1cc(Cl)ccc1C(Br)c1ccc2c(c1)CCO2. The number of benzene rings is 2. The number of hydrogen-bond donors (Lipinski definition) is 0. The van der Waals surface area contributed by atoms with Gasteiger partial charge in [-0.2, -0.15) is 0 Å². The Bertz CT molecular complexity index is 642. The Hall–Kier alpha value is -1.19. The van der Waals surface area contributed by atoms with Gasteiger partial charge in [-0.3, -0.25) is 0 Å². The van der Waals surface area contributed by atoms with Crippen LogP contribution in [0.2, 0.25) is 5.02 Å². The molecule has 104 valence electrons. The Morgan fingerprint density at radius 3 is 2.90 bits per heavy atom. The Morgan fingerprint density at radius 2 is 2.10 bits per heavy atom. The van der Waals surface area contributed by atoms with E-state index in [-0.39, 0.29) is 4.83 Å². The first-order valence-electron chi connectivity index (χ1n) is 6.42. The number of halogens is 2. The third-order valence-electron chi connectivity index (χ3n) is 3.47. The lowest BCUT2D eigenvalue weighted by atomic mass is 10.0. The van der Waals surface area contributed by atoms with Crippen molar-refractivity contribution in [2.45, 2.75) is 11.2 Å². The summed E-state index contributed by atoms with van der Waals surface area (Å²) in [6.45, 7) is 0.774. The number of fused-ring (bicyclic) bond motifs is 1. The van der Waals surface area contributed by atoms with Gasteiger partial charge in [0.05, 0.1) is 18.5 Å². The van der Waals surface area contributed by atoms with Crippen LogP contribution >= 0.6 is 27.5 Å². The molecule has 1 heterocycles. The molecule has 1 unspecified atom stereocenters. The van der Waals surface area contributed by atoms with Crippen LogP contribution in [0.3, 0.4) is 0 Å². The summed E-state index contributed by atoms with van der Waals surface area (Å²) < 4.78 is 11.0. The van der Waals surface area contributed by atoms with Crippen molar-refractivity contribution >= 4 is 27.5 Å². The molecule has 0 aromatic heterocycles. The van der Waals surface area contributed by atoms with E-state index in [0.29, 0.717) is 5.02 Å². The smallest absolute Gasteiger partial charge is 0.125 e. The fraction of sp³-hybridized carbons (Fsp3) is 0.250. The highest BCUT2D eigenvalue weighted by atomic mass is 79.9. The number of ether oxygens (including phenoxy) is 2. The van der Waals surface area contributed by atoms with Crippen molar-refractivity contribution in [1.29, 1.82) is 0 Å². The lowest BCUT2D eigenvalue weighted by molar-refractivity contribution is 0.357. The standard InChI is InChI=1S/C16H14BrClO2/c1-19-15-9-12(18)3-4-13(15)16(17)11-2-5-14-10(8-11)6-7-20-14/h2-5,8-9,16H,6-7H2,1H3. The van der Waals surface area contributed by atoms with Crippen molar-refractivity contribution in [2.24, 2.45) is 0 Å². The van der Waals surface area contributed by atoms with Gasteiger partial charge in [-0.1, -0.05) is 45.7 Å². The Morgan fingerprint density at radius 1 is 1.25 bits per heavy atom. The van der Waals surface area contributed by atoms with E-state index in [0.717, 1.165) is 30.1 Å². The highest BCUT2D eigenvalue weighted by Gasteiger charge is 2.19. The van der Waals surface area contributed by atoms with Crippen LogP contribution in [0, 0.1) is 0 Å². The second kappa shape index (κ2) is 5.66. The summed E-state index contributed by atoms with van der Waals surface area (Å²) in [4.78, 5) is 0.0700. The molecule has 0 spiro atoms. The summed E-state index contributed by atoms with van der Waals surface area (Å²) in [7, 11) is 1.66. The van der Waals surface area contributed by atoms with Crippen LogP contribution in [0.1, 0.15) is 21.5 Å². The van der Waals surface area contributed by atoms with Gasteiger partial charge in [-0.25, -0.2) is 0 Å². The molecule has 0 N–H and O–H groups in total. The van der Waals surface area contributed by atoms with Crippen molar-refractivity contribution in [3.63, 3.8) is 0 Å². The normalized spacial score (nSPS) is 14.6. The Kier molecular flexibility index (Phi) is 3.90. The van der Waals surface area contributed by atoms with Gasteiger partial charge in [0.1, 0.15) is 11.5 Å². The van der Waals surface area contributed by atoms with Crippen LogP contribution in [0.5, 0.6) is 11.5 Å². The fourth-order valence-corrected chi connectivity index (χ4v) is 3.26. The van der Waals surface area contributed by atoms with Crippen LogP contribution in [0.15, 0.2) is 36.4 Å². The van der Waals surface area contributed by atoms with Crippen LogP contribution in [0.25, 0.3) is 0 Å². The molecule has 0 radical (unpaired) electrons. The molecule has 2 nitrogen and oxygen atoms in total. The molecule has 4 heteroatoms. The first kappa shape index (κ1) is 13.8. The molecular weight excluding hydrogens is 340 g/mol. The van der Waals surface area contributed by atoms with Crippen LogP contribution in [-0.4, -0.2) is 13.7 Å². The van der Waals surface area contributed by atoms with Gasteiger partial charge in [0.15, 0.2) is 0 Å². The average molecular weight is 354 g/mol.